The quantitative estimate of drug-likeness (QED) is 0.507. The van der Waals surface area contributed by atoms with E-state index in [2.05, 4.69) is 47.7 Å². The zero-order chi connectivity index (χ0) is 21.6. The van der Waals surface area contributed by atoms with Crippen molar-refractivity contribution in [3.8, 4) is 0 Å². The summed E-state index contributed by atoms with van der Waals surface area (Å²) >= 11 is 0. The van der Waals surface area contributed by atoms with Crippen LogP contribution in [0.25, 0.3) is 0 Å². The predicted molar refractivity (Wildman–Crippen MR) is 114 cm³/mol. The highest BCUT2D eigenvalue weighted by Gasteiger charge is 2.65. The summed E-state index contributed by atoms with van der Waals surface area (Å²) in [5.41, 5.74) is 0.387. The highest BCUT2D eigenvalue weighted by molar-refractivity contribution is 6.74. The number of fused-ring (bicyclic) bond motifs is 1. The van der Waals surface area contributed by atoms with Crippen molar-refractivity contribution in [1.82, 2.24) is 0 Å². The minimum atomic E-state index is -2.03. The van der Waals surface area contributed by atoms with Crippen molar-refractivity contribution in [3.05, 3.63) is 35.9 Å². The summed E-state index contributed by atoms with van der Waals surface area (Å²) in [6.07, 6.45) is -0.464. The van der Waals surface area contributed by atoms with E-state index < -0.39 is 20.5 Å². The highest BCUT2D eigenvalue weighted by atomic mass is 28.4. The van der Waals surface area contributed by atoms with Crippen molar-refractivity contribution < 1.29 is 23.5 Å². The molecular formula is C23H34O5Si. The third-order valence-electron chi connectivity index (χ3n) is 7.16. The summed E-state index contributed by atoms with van der Waals surface area (Å²) in [7, 11) is -2.03. The predicted octanol–water partition coefficient (Wildman–Crippen LogP) is 4.82. The lowest BCUT2D eigenvalue weighted by Crippen LogP contribution is -2.46. The Morgan fingerprint density at radius 1 is 1.21 bits per heavy atom. The molecule has 160 valence electrons. The van der Waals surface area contributed by atoms with Crippen LogP contribution in [0.2, 0.25) is 18.1 Å². The molecule has 6 heteroatoms. The number of benzene rings is 1. The van der Waals surface area contributed by atoms with Crippen molar-refractivity contribution in [2.24, 2.45) is 17.3 Å². The molecule has 1 saturated carbocycles. The zero-order valence-corrected chi connectivity index (χ0v) is 19.7. The standard InChI is InChI=1S/C23H34O5Si/c1-22(2,3)29(6,7)26-14-18-17(27-20(24)15-11-9-8-10-12-15)13-16-19(21(25)28-18)23(16,4)5/h8-12,16-19H,13-14H2,1-7H3/t16-,17-,18-,19-/m1/s1. The largest absolute Gasteiger partial charge is 0.456 e. The van der Waals surface area contributed by atoms with E-state index in [1.54, 1.807) is 12.1 Å². The molecule has 0 radical (unpaired) electrons. The number of hydrogen-bond donors (Lipinski definition) is 0. The number of hydrogen-bond acceptors (Lipinski definition) is 5. The molecule has 0 N–H and O–H groups in total. The second kappa shape index (κ2) is 7.55. The molecule has 1 heterocycles. The smallest absolute Gasteiger partial charge is 0.338 e. The Bertz CT molecular complexity index is 765. The minimum absolute atomic E-state index is 0.0437. The summed E-state index contributed by atoms with van der Waals surface area (Å²) < 4.78 is 18.0. The molecule has 1 aliphatic carbocycles. The van der Waals surface area contributed by atoms with E-state index in [-0.39, 0.29) is 40.8 Å². The topological polar surface area (TPSA) is 61.8 Å². The molecule has 0 spiro atoms. The van der Waals surface area contributed by atoms with Crippen LogP contribution in [0.15, 0.2) is 30.3 Å². The first kappa shape index (κ1) is 22.0. The van der Waals surface area contributed by atoms with Crippen molar-refractivity contribution in [2.45, 2.75) is 71.4 Å². The molecule has 1 aromatic rings. The molecule has 1 aromatic carbocycles. The fourth-order valence-corrected chi connectivity index (χ4v) is 4.92. The van der Waals surface area contributed by atoms with Gasteiger partial charge in [0.2, 0.25) is 0 Å². The second-order valence-corrected chi connectivity index (χ2v) is 15.3. The summed E-state index contributed by atoms with van der Waals surface area (Å²) in [5, 5.41) is 0.0437. The molecule has 0 bridgehead atoms. The number of rotatable bonds is 5. The normalized spacial score (nSPS) is 28.7. The first-order valence-corrected chi connectivity index (χ1v) is 13.4. The Hall–Kier alpha value is -1.66. The van der Waals surface area contributed by atoms with Gasteiger partial charge >= 0.3 is 11.9 Å². The van der Waals surface area contributed by atoms with E-state index >= 15 is 0 Å². The van der Waals surface area contributed by atoms with Crippen LogP contribution in [0.1, 0.15) is 51.4 Å². The molecule has 5 nitrogen and oxygen atoms in total. The third-order valence-corrected chi connectivity index (χ3v) is 11.7. The van der Waals surface area contributed by atoms with E-state index in [0.29, 0.717) is 12.0 Å². The van der Waals surface area contributed by atoms with Crippen molar-refractivity contribution in [2.75, 3.05) is 6.61 Å². The third kappa shape index (κ3) is 4.43. The monoisotopic (exact) mass is 418 g/mol. The van der Waals surface area contributed by atoms with Crippen LogP contribution in [0, 0.1) is 17.3 Å². The molecule has 1 saturated heterocycles. The van der Waals surface area contributed by atoms with Gasteiger partial charge in [-0.25, -0.2) is 4.79 Å². The Labute approximate surface area is 175 Å². The Balaban J connectivity index is 1.78. The summed E-state index contributed by atoms with van der Waals surface area (Å²) in [6.45, 7) is 15.2. The maximum absolute atomic E-state index is 12.7. The molecule has 1 aliphatic heterocycles. The van der Waals surface area contributed by atoms with Crippen LogP contribution in [0.4, 0.5) is 0 Å². The van der Waals surface area contributed by atoms with Gasteiger partial charge in [0.05, 0.1) is 18.1 Å². The zero-order valence-electron chi connectivity index (χ0n) is 18.7. The molecule has 2 aliphatic rings. The number of esters is 2. The van der Waals surface area contributed by atoms with E-state index in [9.17, 15) is 9.59 Å². The Morgan fingerprint density at radius 3 is 2.41 bits per heavy atom. The van der Waals surface area contributed by atoms with Crippen molar-refractivity contribution >= 4 is 20.3 Å². The molecule has 4 atom stereocenters. The SMILES string of the molecule is CC1(C)[C@@H]2C[C@@H](OC(=O)c3ccccc3)[C@@H](CO[Si](C)(C)C(C)(C)C)OC(=O)[C@@H]21. The molecule has 0 unspecified atom stereocenters. The van der Waals surface area contributed by atoms with Crippen LogP contribution in [0.3, 0.4) is 0 Å². The van der Waals surface area contributed by atoms with Gasteiger partial charge in [-0.15, -0.1) is 0 Å². The summed E-state index contributed by atoms with van der Waals surface area (Å²) in [6, 6.07) is 8.94. The fourth-order valence-electron chi connectivity index (χ4n) is 3.90. The maximum atomic E-state index is 12.7. The molecule has 0 amide bonds. The van der Waals surface area contributed by atoms with Gasteiger partial charge in [-0.05, 0) is 48.0 Å². The number of ether oxygens (including phenoxy) is 2. The fraction of sp³-hybridized carbons (Fsp3) is 0.652. The molecule has 3 rings (SSSR count). The molecule has 0 aromatic heterocycles. The lowest BCUT2D eigenvalue weighted by molar-refractivity contribution is -0.158. The van der Waals surface area contributed by atoms with Gasteiger partial charge in [0, 0.05) is 0 Å². The van der Waals surface area contributed by atoms with E-state index in [4.69, 9.17) is 13.9 Å². The van der Waals surface area contributed by atoms with Gasteiger partial charge in [0.15, 0.2) is 14.4 Å². The van der Waals surface area contributed by atoms with Gasteiger partial charge in [-0.3, -0.25) is 4.79 Å². The summed E-state index contributed by atoms with van der Waals surface area (Å²) in [5.74, 6) is -0.539. The Morgan fingerprint density at radius 2 is 1.83 bits per heavy atom. The second-order valence-electron chi connectivity index (χ2n) is 10.5. The Kier molecular flexibility index (Phi) is 5.73. The lowest BCUT2D eigenvalue weighted by Gasteiger charge is -2.38. The van der Waals surface area contributed by atoms with Crippen LogP contribution in [-0.2, 0) is 18.7 Å². The number of cyclic esters (lactones) is 1. The molecule has 29 heavy (non-hydrogen) atoms. The highest BCUT2D eigenvalue weighted by Crippen LogP contribution is 2.62. The van der Waals surface area contributed by atoms with E-state index in [0.717, 1.165) is 0 Å². The van der Waals surface area contributed by atoms with Crippen LogP contribution < -0.4 is 0 Å². The molecular weight excluding hydrogens is 384 g/mol. The lowest BCUT2D eigenvalue weighted by atomic mass is 10.0. The molecule has 2 fully saturated rings. The average molecular weight is 419 g/mol. The van der Waals surface area contributed by atoms with Gasteiger partial charge in [-0.2, -0.15) is 0 Å². The number of carbonyl (C=O) groups excluding carboxylic acids is 2. The first-order valence-electron chi connectivity index (χ1n) is 10.4. The van der Waals surface area contributed by atoms with Crippen molar-refractivity contribution in [3.63, 3.8) is 0 Å². The number of carbonyl (C=O) groups is 2. The van der Waals surface area contributed by atoms with E-state index in [1.807, 2.05) is 18.2 Å². The summed E-state index contributed by atoms with van der Waals surface area (Å²) in [4.78, 5) is 25.4. The van der Waals surface area contributed by atoms with Crippen LogP contribution >= 0.6 is 0 Å². The van der Waals surface area contributed by atoms with E-state index in [1.165, 1.54) is 0 Å². The van der Waals surface area contributed by atoms with Crippen LogP contribution in [0.5, 0.6) is 0 Å². The average Bonchev–Trinajstić information content (AvgIpc) is 3.21. The van der Waals surface area contributed by atoms with Crippen LogP contribution in [-0.4, -0.2) is 39.1 Å². The van der Waals surface area contributed by atoms with Gasteiger partial charge in [0.25, 0.3) is 0 Å². The van der Waals surface area contributed by atoms with Gasteiger partial charge in [-0.1, -0.05) is 52.8 Å². The van der Waals surface area contributed by atoms with Gasteiger partial charge < -0.3 is 13.9 Å². The van der Waals surface area contributed by atoms with Crippen molar-refractivity contribution in [1.29, 1.82) is 0 Å². The van der Waals surface area contributed by atoms with Gasteiger partial charge in [0.1, 0.15) is 6.10 Å². The first-order chi connectivity index (χ1) is 13.3. The maximum Gasteiger partial charge on any atom is 0.338 e. The minimum Gasteiger partial charge on any atom is -0.456 e.